The van der Waals surface area contributed by atoms with Gasteiger partial charge in [0.1, 0.15) is 6.04 Å². The first-order valence-corrected chi connectivity index (χ1v) is 15.1. The summed E-state index contributed by atoms with van der Waals surface area (Å²) in [6, 6.07) is 20.8. The fraction of sp³-hybridized carbons (Fsp3) is 0.310. The Balaban J connectivity index is 1.86. The van der Waals surface area contributed by atoms with Gasteiger partial charge in [-0.3, -0.25) is 13.9 Å². The van der Waals surface area contributed by atoms with Crippen molar-refractivity contribution >= 4 is 50.7 Å². The van der Waals surface area contributed by atoms with Crippen molar-refractivity contribution < 1.29 is 18.0 Å². The minimum Gasteiger partial charge on any atom is -0.357 e. The van der Waals surface area contributed by atoms with Gasteiger partial charge in [-0.25, -0.2) is 8.42 Å². The lowest BCUT2D eigenvalue weighted by atomic mass is 10.0. The fourth-order valence-electron chi connectivity index (χ4n) is 4.27. The van der Waals surface area contributed by atoms with Crippen molar-refractivity contribution in [2.75, 3.05) is 24.2 Å². The number of hydrogen-bond donors (Lipinski definition) is 1. The second kappa shape index (κ2) is 13.8. The Morgan fingerprint density at radius 2 is 1.64 bits per heavy atom. The third-order valence-corrected chi connectivity index (χ3v) is 8.13. The Bertz CT molecular complexity index is 1380. The number of hydrogen-bond acceptors (Lipinski definition) is 4. The summed E-state index contributed by atoms with van der Waals surface area (Å²) in [7, 11) is -2.04. The maximum Gasteiger partial charge on any atom is 0.242 e. The number of rotatable bonds is 12. The summed E-state index contributed by atoms with van der Waals surface area (Å²) >= 11 is 12.5. The lowest BCUT2D eigenvalue weighted by Crippen LogP contribution is -2.49. The zero-order valence-corrected chi connectivity index (χ0v) is 24.6. The van der Waals surface area contributed by atoms with Crippen molar-refractivity contribution in [2.45, 2.75) is 38.8 Å². The van der Waals surface area contributed by atoms with Crippen molar-refractivity contribution in [3.8, 4) is 0 Å². The van der Waals surface area contributed by atoms with E-state index in [4.69, 9.17) is 23.2 Å². The Morgan fingerprint density at radius 3 is 2.23 bits per heavy atom. The first-order valence-electron chi connectivity index (χ1n) is 12.5. The zero-order valence-electron chi connectivity index (χ0n) is 22.2. The summed E-state index contributed by atoms with van der Waals surface area (Å²) in [4.78, 5) is 28.3. The second-order valence-electron chi connectivity index (χ2n) is 9.35. The quantitative estimate of drug-likeness (QED) is 0.313. The maximum atomic E-state index is 13.7. The molecule has 10 heteroatoms. The van der Waals surface area contributed by atoms with E-state index < -0.39 is 16.1 Å². The lowest BCUT2D eigenvalue weighted by molar-refractivity contribution is -0.141. The largest absolute Gasteiger partial charge is 0.357 e. The third-order valence-electron chi connectivity index (χ3n) is 6.35. The molecule has 39 heavy (non-hydrogen) atoms. The summed E-state index contributed by atoms with van der Waals surface area (Å²) in [6.45, 7) is 2.13. The summed E-state index contributed by atoms with van der Waals surface area (Å²) in [5.41, 5.74) is 3.09. The van der Waals surface area contributed by atoms with Crippen LogP contribution >= 0.6 is 23.2 Å². The van der Waals surface area contributed by atoms with Crippen molar-refractivity contribution in [1.82, 2.24) is 10.2 Å². The van der Waals surface area contributed by atoms with E-state index in [1.807, 2.05) is 49.4 Å². The highest BCUT2D eigenvalue weighted by molar-refractivity contribution is 7.92. The highest BCUT2D eigenvalue weighted by Crippen LogP contribution is 2.25. The molecule has 7 nitrogen and oxygen atoms in total. The molecule has 3 aromatic carbocycles. The molecule has 208 valence electrons. The lowest BCUT2D eigenvalue weighted by Gasteiger charge is -2.32. The van der Waals surface area contributed by atoms with Gasteiger partial charge in [-0.2, -0.15) is 0 Å². The van der Waals surface area contributed by atoms with Gasteiger partial charge in [0.15, 0.2) is 0 Å². The SMILES string of the molecule is CNC(=O)[C@@H](Cc1ccccc1)N(Cc1ccc(Cl)cc1Cl)C(=O)CCCN(c1ccc(C)cc1)S(C)(=O)=O. The van der Waals surface area contributed by atoms with E-state index in [-0.39, 0.29) is 37.7 Å². The first kappa shape index (κ1) is 30.5. The molecule has 0 heterocycles. The molecule has 0 aromatic heterocycles. The Hall–Kier alpha value is -3.07. The van der Waals surface area contributed by atoms with Crippen LogP contribution in [-0.4, -0.2) is 51.0 Å². The maximum absolute atomic E-state index is 13.7. The molecule has 3 aromatic rings. The number of nitrogens with zero attached hydrogens (tertiary/aromatic N) is 2. The standard InChI is InChI=1S/C29H33Cl2N3O4S/c1-21-11-15-25(16-12-21)34(39(3,37)38)17-7-10-28(35)33(20-23-13-14-24(30)19-26(23)31)27(29(36)32-2)18-22-8-5-4-6-9-22/h4-6,8-9,11-16,19,27H,7,10,17-18,20H2,1-3H3,(H,32,36)/t27-/m1/s1. The second-order valence-corrected chi connectivity index (χ2v) is 12.1. The van der Waals surface area contributed by atoms with Crippen LogP contribution in [0.1, 0.15) is 29.5 Å². The van der Waals surface area contributed by atoms with Crippen LogP contribution in [0.25, 0.3) is 0 Å². The monoisotopic (exact) mass is 589 g/mol. The number of sulfonamides is 1. The van der Waals surface area contributed by atoms with E-state index in [0.29, 0.717) is 27.7 Å². The molecule has 0 aliphatic carbocycles. The Morgan fingerprint density at radius 1 is 0.974 bits per heavy atom. The van der Waals surface area contributed by atoms with Gasteiger partial charge in [-0.1, -0.05) is 77.3 Å². The van der Waals surface area contributed by atoms with Gasteiger partial charge in [0.05, 0.1) is 11.9 Å². The van der Waals surface area contributed by atoms with Crippen molar-refractivity contribution in [1.29, 1.82) is 0 Å². The van der Waals surface area contributed by atoms with Crippen molar-refractivity contribution in [2.24, 2.45) is 0 Å². The van der Waals surface area contributed by atoms with E-state index in [1.165, 1.54) is 16.3 Å². The molecule has 0 fully saturated rings. The van der Waals surface area contributed by atoms with Crippen LogP contribution in [0, 0.1) is 6.92 Å². The summed E-state index contributed by atoms with van der Waals surface area (Å²) < 4.78 is 26.3. The minimum atomic E-state index is -3.57. The van der Waals surface area contributed by atoms with Crippen LogP contribution in [0.15, 0.2) is 72.8 Å². The van der Waals surface area contributed by atoms with Gasteiger partial charge in [0.2, 0.25) is 21.8 Å². The Kier molecular flexibility index (Phi) is 10.8. The third kappa shape index (κ3) is 8.71. The topological polar surface area (TPSA) is 86.8 Å². The molecule has 1 atom stereocenters. The average molecular weight is 591 g/mol. The summed E-state index contributed by atoms with van der Waals surface area (Å²) in [5.74, 6) is -0.599. The molecule has 1 N–H and O–H groups in total. The van der Waals surface area contributed by atoms with Gasteiger partial charge < -0.3 is 10.2 Å². The van der Waals surface area contributed by atoms with E-state index >= 15 is 0 Å². The molecule has 0 bridgehead atoms. The minimum absolute atomic E-state index is 0.0331. The predicted molar refractivity (Wildman–Crippen MR) is 158 cm³/mol. The van der Waals surface area contributed by atoms with Crippen LogP contribution in [0.5, 0.6) is 0 Å². The van der Waals surface area contributed by atoms with Gasteiger partial charge >= 0.3 is 0 Å². The molecule has 0 saturated carbocycles. The van der Waals surface area contributed by atoms with E-state index in [0.717, 1.165) is 17.4 Å². The van der Waals surface area contributed by atoms with Crippen LogP contribution in [0.2, 0.25) is 10.0 Å². The number of anilines is 1. The van der Waals surface area contributed by atoms with Gasteiger partial charge in [0, 0.05) is 43.0 Å². The molecule has 0 saturated heterocycles. The van der Waals surface area contributed by atoms with Gasteiger partial charge in [-0.15, -0.1) is 0 Å². The highest BCUT2D eigenvalue weighted by atomic mass is 35.5. The molecule has 3 rings (SSSR count). The molecule has 0 unspecified atom stereocenters. The molecular weight excluding hydrogens is 557 g/mol. The predicted octanol–water partition coefficient (Wildman–Crippen LogP) is 5.23. The molecule has 0 spiro atoms. The number of carbonyl (C=O) groups excluding carboxylic acids is 2. The number of amides is 2. The number of aryl methyl sites for hydroxylation is 1. The molecule has 2 amide bonds. The van der Waals surface area contributed by atoms with Crippen LogP contribution in [0.4, 0.5) is 5.69 Å². The van der Waals surface area contributed by atoms with Crippen LogP contribution in [0.3, 0.4) is 0 Å². The Labute approximate surface area is 240 Å². The fourth-order valence-corrected chi connectivity index (χ4v) is 5.70. The highest BCUT2D eigenvalue weighted by Gasteiger charge is 2.30. The number of likely N-dealkylation sites (N-methyl/N-ethyl adjacent to an activating group) is 1. The van der Waals surface area contributed by atoms with E-state index in [9.17, 15) is 18.0 Å². The normalized spacial score (nSPS) is 12.0. The number of benzene rings is 3. The number of carbonyl (C=O) groups is 2. The summed E-state index contributed by atoms with van der Waals surface area (Å²) in [6.07, 6.45) is 1.74. The smallest absolute Gasteiger partial charge is 0.242 e. The van der Waals surface area contributed by atoms with E-state index in [2.05, 4.69) is 5.32 Å². The number of nitrogens with one attached hydrogen (secondary N) is 1. The van der Waals surface area contributed by atoms with Gasteiger partial charge in [0.25, 0.3) is 0 Å². The van der Waals surface area contributed by atoms with Crippen LogP contribution < -0.4 is 9.62 Å². The van der Waals surface area contributed by atoms with E-state index in [1.54, 1.807) is 30.3 Å². The van der Waals surface area contributed by atoms with Crippen LogP contribution in [-0.2, 0) is 32.6 Å². The average Bonchev–Trinajstić information content (AvgIpc) is 2.89. The van der Waals surface area contributed by atoms with Crippen molar-refractivity contribution in [3.63, 3.8) is 0 Å². The summed E-state index contributed by atoms with van der Waals surface area (Å²) in [5, 5.41) is 3.53. The molecule has 0 radical (unpaired) electrons. The van der Waals surface area contributed by atoms with Crippen molar-refractivity contribution in [3.05, 3.63) is 99.5 Å². The first-order chi connectivity index (χ1) is 18.5. The molecular formula is C29H33Cl2N3O4S. The van der Waals surface area contributed by atoms with Gasteiger partial charge in [-0.05, 0) is 48.7 Å². The molecule has 0 aliphatic rings. The zero-order chi connectivity index (χ0) is 28.6. The number of halogens is 2. The molecule has 0 aliphatic heterocycles.